The Labute approximate surface area is 143 Å². The van der Waals surface area contributed by atoms with Gasteiger partial charge in [0.15, 0.2) is 0 Å². The second-order valence-corrected chi connectivity index (χ2v) is 7.98. The molecule has 2 N–H and O–H groups in total. The van der Waals surface area contributed by atoms with E-state index in [0.29, 0.717) is 6.04 Å². The van der Waals surface area contributed by atoms with Crippen molar-refractivity contribution in [1.82, 2.24) is 9.55 Å². The number of carboxylic acid groups (broad SMARTS) is 1. The zero-order valence-electron chi connectivity index (χ0n) is 15.0. The summed E-state index contributed by atoms with van der Waals surface area (Å²) in [5.41, 5.74) is 3.22. The Morgan fingerprint density at radius 3 is 2.50 bits per heavy atom. The summed E-state index contributed by atoms with van der Waals surface area (Å²) < 4.78 is 2.16. The van der Waals surface area contributed by atoms with Crippen molar-refractivity contribution in [3.8, 4) is 0 Å². The summed E-state index contributed by atoms with van der Waals surface area (Å²) in [4.78, 5) is 15.9. The molecule has 0 amide bonds. The van der Waals surface area contributed by atoms with Crippen LogP contribution >= 0.6 is 0 Å². The van der Waals surface area contributed by atoms with Crippen molar-refractivity contribution < 1.29 is 9.90 Å². The monoisotopic (exact) mass is 329 g/mol. The summed E-state index contributed by atoms with van der Waals surface area (Å²) in [6.45, 7) is 6.52. The molecule has 1 saturated carbocycles. The van der Waals surface area contributed by atoms with Gasteiger partial charge in [0.05, 0.1) is 17.0 Å². The van der Waals surface area contributed by atoms with Crippen LogP contribution in [-0.4, -0.2) is 26.7 Å². The number of hydrogen-bond donors (Lipinski definition) is 2. The molecule has 0 bridgehead atoms. The third kappa shape index (κ3) is 3.25. The number of carbonyl (C=O) groups is 1. The fraction of sp³-hybridized carbons (Fsp3) is 0.579. The molecular weight excluding hydrogens is 302 g/mol. The maximum Gasteiger partial charge on any atom is 0.306 e. The first kappa shape index (κ1) is 16.8. The van der Waals surface area contributed by atoms with Gasteiger partial charge in [0, 0.05) is 24.2 Å². The lowest BCUT2D eigenvalue weighted by atomic mass is 9.86. The highest BCUT2D eigenvalue weighted by Crippen LogP contribution is 2.29. The number of nitrogens with zero attached hydrogens (tertiary/aromatic N) is 2. The SMILES string of the molecule is Cn1c(C(C)(C)C)nc2cc(NC3CCC(C(=O)O)CC3)ccc21. The highest BCUT2D eigenvalue weighted by molar-refractivity contribution is 5.80. The van der Waals surface area contributed by atoms with Gasteiger partial charge in [-0.3, -0.25) is 4.79 Å². The van der Waals surface area contributed by atoms with Gasteiger partial charge in [-0.1, -0.05) is 20.8 Å². The summed E-state index contributed by atoms with van der Waals surface area (Å²) in [5, 5.41) is 12.7. The van der Waals surface area contributed by atoms with Gasteiger partial charge in [-0.2, -0.15) is 0 Å². The van der Waals surface area contributed by atoms with Crippen molar-refractivity contribution in [2.24, 2.45) is 13.0 Å². The molecule has 1 aromatic carbocycles. The van der Waals surface area contributed by atoms with Gasteiger partial charge in [-0.25, -0.2) is 4.98 Å². The summed E-state index contributed by atoms with van der Waals surface area (Å²) >= 11 is 0. The van der Waals surface area contributed by atoms with Gasteiger partial charge >= 0.3 is 5.97 Å². The molecule has 5 nitrogen and oxygen atoms in total. The van der Waals surface area contributed by atoms with Gasteiger partial charge in [0.2, 0.25) is 0 Å². The van der Waals surface area contributed by atoms with Gasteiger partial charge in [-0.15, -0.1) is 0 Å². The van der Waals surface area contributed by atoms with E-state index in [9.17, 15) is 4.79 Å². The zero-order chi connectivity index (χ0) is 17.5. The molecule has 1 fully saturated rings. The van der Waals surface area contributed by atoms with E-state index in [1.807, 2.05) is 0 Å². The molecule has 0 spiro atoms. The van der Waals surface area contributed by atoms with Crippen LogP contribution in [0.1, 0.15) is 52.3 Å². The average molecular weight is 329 g/mol. The molecule has 1 aliphatic carbocycles. The number of rotatable bonds is 3. The highest BCUT2D eigenvalue weighted by Gasteiger charge is 2.26. The van der Waals surface area contributed by atoms with E-state index in [1.54, 1.807) is 0 Å². The highest BCUT2D eigenvalue weighted by atomic mass is 16.4. The number of nitrogens with one attached hydrogen (secondary N) is 1. The second kappa shape index (κ2) is 6.11. The van der Waals surface area contributed by atoms with E-state index >= 15 is 0 Å². The molecule has 130 valence electrons. The van der Waals surface area contributed by atoms with Gasteiger partial charge in [0.1, 0.15) is 5.82 Å². The lowest BCUT2D eigenvalue weighted by molar-refractivity contribution is -0.142. The molecular formula is C19H27N3O2. The molecule has 0 aliphatic heterocycles. The van der Waals surface area contributed by atoms with E-state index in [0.717, 1.165) is 48.2 Å². The molecule has 3 rings (SSSR count). The van der Waals surface area contributed by atoms with Crippen LogP contribution < -0.4 is 5.32 Å². The minimum Gasteiger partial charge on any atom is -0.481 e. The lowest BCUT2D eigenvalue weighted by Crippen LogP contribution is -2.29. The Morgan fingerprint density at radius 2 is 1.92 bits per heavy atom. The number of fused-ring (bicyclic) bond motifs is 1. The number of carboxylic acids is 1. The molecule has 2 aromatic rings. The minimum atomic E-state index is -0.655. The van der Waals surface area contributed by atoms with Crippen molar-refractivity contribution >= 4 is 22.7 Å². The number of aryl methyl sites for hydroxylation is 1. The molecule has 0 radical (unpaired) electrons. The fourth-order valence-corrected chi connectivity index (χ4v) is 3.68. The van der Waals surface area contributed by atoms with Crippen molar-refractivity contribution in [1.29, 1.82) is 0 Å². The van der Waals surface area contributed by atoms with Crippen LogP contribution in [0.5, 0.6) is 0 Å². The van der Waals surface area contributed by atoms with Crippen molar-refractivity contribution in [2.75, 3.05) is 5.32 Å². The van der Waals surface area contributed by atoms with Crippen LogP contribution in [-0.2, 0) is 17.3 Å². The van der Waals surface area contributed by atoms with E-state index in [2.05, 4.69) is 55.9 Å². The quantitative estimate of drug-likeness (QED) is 0.895. The number of imidazole rings is 1. The van der Waals surface area contributed by atoms with Crippen LogP contribution in [0.2, 0.25) is 0 Å². The Morgan fingerprint density at radius 1 is 1.25 bits per heavy atom. The normalized spacial score (nSPS) is 21.8. The van der Waals surface area contributed by atoms with Crippen molar-refractivity contribution in [3.63, 3.8) is 0 Å². The standard InChI is InChI=1S/C19H27N3O2/c1-19(2,3)18-21-15-11-14(9-10-16(15)22(18)4)20-13-7-5-12(6-8-13)17(23)24/h9-13,20H,5-8H2,1-4H3,(H,23,24). The van der Waals surface area contributed by atoms with E-state index in [1.165, 1.54) is 0 Å². The fourth-order valence-electron chi connectivity index (χ4n) is 3.68. The molecule has 1 aromatic heterocycles. The van der Waals surface area contributed by atoms with E-state index in [4.69, 9.17) is 10.1 Å². The van der Waals surface area contributed by atoms with Crippen LogP contribution in [0.3, 0.4) is 0 Å². The maximum absolute atomic E-state index is 11.0. The van der Waals surface area contributed by atoms with Crippen LogP contribution in [0.15, 0.2) is 18.2 Å². The Kier molecular flexibility index (Phi) is 4.28. The number of anilines is 1. The topological polar surface area (TPSA) is 67.2 Å². The zero-order valence-corrected chi connectivity index (χ0v) is 15.0. The largest absolute Gasteiger partial charge is 0.481 e. The average Bonchev–Trinajstić information content (AvgIpc) is 2.84. The summed E-state index contributed by atoms with van der Waals surface area (Å²) in [5.74, 6) is 0.255. The predicted octanol–water partition coefficient (Wildman–Crippen LogP) is 3.93. The minimum absolute atomic E-state index is 0.0105. The van der Waals surface area contributed by atoms with E-state index in [-0.39, 0.29) is 11.3 Å². The van der Waals surface area contributed by atoms with Gasteiger partial charge in [0.25, 0.3) is 0 Å². The maximum atomic E-state index is 11.0. The Hall–Kier alpha value is -2.04. The molecule has 0 atom stereocenters. The lowest BCUT2D eigenvalue weighted by Gasteiger charge is -2.27. The molecule has 5 heteroatoms. The predicted molar refractivity (Wildman–Crippen MR) is 96.4 cm³/mol. The number of aliphatic carboxylic acids is 1. The van der Waals surface area contributed by atoms with Gasteiger partial charge < -0.3 is 15.0 Å². The third-order valence-electron chi connectivity index (χ3n) is 5.00. The number of hydrogen-bond acceptors (Lipinski definition) is 3. The molecule has 1 heterocycles. The van der Waals surface area contributed by atoms with Crippen LogP contribution in [0.4, 0.5) is 5.69 Å². The summed E-state index contributed by atoms with van der Waals surface area (Å²) in [6, 6.07) is 6.67. The molecule has 0 saturated heterocycles. The third-order valence-corrected chi connectivity index (χ3v) is 5.00. The summed E-state index contributed by atoms with van der Waals surface area (Å²) in [7, 11) is 2.07. The number of benzene rings is 1. The number of aromatic nitrogens is 2. The van der Waals surface area contributed by atoms with Crippen LogP contribution in [0.25, 0.3) is 11.0 Å². The molecule has 1 aliphatic rings. The van der Waals surface area contributed by atoms with Gasteiger partial charge in [-0.05, 0) is 43.9 Å². The Bertz CT molecular complexity index is 750. The second-order valence-electron chi connectivity index (χ2n) is 7.98. The summed E-state index contributed by atoms with van der Waals surface area (Å²) in [6.07, 6.45) is 3.33. The van der Waals surface area contributed by atoms with E-state index < -0.39 is 5.97 Å². The molecule has 0 unspecified atom stereocenters. The first-order valence-electron chi connectivity index (χ1n) is 8.72. The van der Waals surface area contributed by atoms with Crippen LogP contribution in [0, 0.1) is 5.92 Å². The van der Waals surface area contributed by atoms with Crippen molar-refractivity contribution in [2.45, 2.75) is 57.9 Å². The smallest absolute Gasteiger partial charge is 0.306 e. The molecule has 24 heavy (non-hydrogen) atoms. The first-order valence-corrected chi connectivity index (χ1v) is 8.72. The first-order chi connectivity index (χ1) is 11.3. The Balaban J connectivity index is 1.76. The van der Waals surface area contributed by atoms with Crippen molar-refractivity contribution in [3.05, 3.63) is 24.0 Å².